The van der Waals surface area contributed by atoms with E-state index in [2.05, 4.69) is 0 Å². The molecule has 0 amide bonds. The maximum atomic E-state index is 12.1. The lowest BCUT2D eigenvalue weighted by atomic mass is 9.72. The van der Waals surface area contributed by atoms with Crippen LogP contribution >= 0.6 is 0 Å². The highest BCUT2D eigenvalue weighted by Crippen LogP contribution is 2.37. The van der Waals surface area contributed by atoms with E-state index in [0.717, 1.165) is 0 Å². The molecule has 0 aliphatic carbocycles. The van der Waals surface area contributed by atoms with Gasteiger partial charge in [-0.2, -0.15) is 0 Å². The number of methoxy groups -OCH3 is 1. The van der Waals surface area contributed by atoms with Crippen molar-refractivity contribution < 1.29 is 24.2 Å². The first kappa shape index (κ1) is 17.9. The molecule has 0 spiro atoms. The Balaban J connectivity index is 5.26. The highest BCUT2D eigenvalue weighted by molar-refractivity contribution is 5.99. The van der Waals surface area contributed by atoms with Crippen molar-refractivity contribution in [3.63, 3.8) is 0 Å². The fraction of sp³-hybridized carbons (Fsp3) is 0.857. The van der Waals surface area contributed by atoms with Crippen LogP contribution < -0.4 is 0 Å². The standard InChI is InChI=1S/C14H26O5/c1-7-19-12(17)14(10(2)3,11(15)16)9-8-13(4,5)18-6/h10H,7-9H2,1-6H3,(H,15,16). The molecular weight excluding hydrogens is 248 g/mol. The summed E-state index contributed by atoms with van der Waals surface area (Å²) in [6.07, 6.45) is 0.659. The number of hydrogen-bond donors (Lipinski definition) is 1. The fourth-order valence-corrected chi connectivity index (χ4v) is 1.93. The predicted molar refractivity (Wildman–Crippen MR) is 71.9 cm³/mol. The van der Waals surface area contributed by atoms with E-state index in [-0.39, 0.29) is 18.9 Å². The van der Waals surface area contributed by atoms with Crippen molar-refractivity contribution in [3.8, 4) is 0 Å². The number of carbonyl (C=O) groups excluding carboxylic acids is 1. The second-order valence-corrected chi connectivity index (χ2v) is 5.62. The molecular formula is C14H26O5. The van der Waals surface area contributed by atoms with E-state index < -0.39 is 23.0 Å². The van der Waals surface area contributed by atoms with Gasteiger partial charge in [-0.05, 0) is 39.5 Å². The molecule has 0 rings (SSSR count). The molecule has 0 fully saturated rings. The zero-order valence-corrected chi connectivity index (χ0v) is 12.8. The Hall–Kier alpha value is -1.10. The Morgan fingerprint density at radius 3 is 2.05 bits per heavy atom. The molecule has 5 nitrogen and oxygen atoms in total. The van der Waals surface area contributed by atoms with Crippen LogP contribution in [0.5, 0.6) is 0 Å². The van der Waals surface area contributed by atoms with Gasteiger partial charge in [-0.1, -0.05) is 13.8 Å². The molecule has 0 aromatic heterocycles. The Bertz CT molecular complexity index is 322. The van der Waals surface area contributed by atoms with Crippen molar-refractivity contribution in [2.75, 3.05) is 13.7 Å². The van der Waals surface area contributed by atoms with E-state index in [4.69, 9.17) is 9.47 Å². The average molecular weight is 274 g/mol. The van der Waals surface area contributed by atoms with Gasteiger partial charge in [0, 0.05) is 7.11 Å². The molecule has 112 valence electrons. The Kier molecular flexibility index (Phi) is 6.49. The molecule has 0 saturated heterocycles. The molecule has 0 saturated carbocycles. The number of carbonyl (C=O) groups is 2. The van der Waals surface area contributed by atoms with Crippen LogP contribution in [0.3, 0.4) is 0 Å². The fourth-order valence-electron chi connectivity index (χ4n) is 1.93. The largest absolute Gasteiger partial charge is 0.480 e. The molecule has 1 N–H and O–H groups in total. The Morgan fingerprint density at radius 2 is 1.74 bits per heavy atom. The zero-order chi connectivity index (χ0) is 15.3. The van der Waals surface area contributed by atoms with Crippen LogP contribution in [0.15, 0.2) is 0 Å². The number of hydrogen-bond acceptors (Lipinski definition) is 4. The number of ether oxygens (including phenoxy) is 2. The lowest BCUT2D eigenvalue weighted by Gasteiger charge is -2.33. The zero-order valence-electron chi connectivity index (χ0n) is 12.8. The molecule has 0 aliphatic rings. The predicted octanol–water partition coefficient (Wildman–Crippen LogP) is 2.48. The minimum Gasteiger partial charge on any atom is -0.480 e. The summed E-state index contributed by atoms with van der Waals surface area (Å²) in [4.78, 5) is 23.8. The van der Waals surface area contributed by atoms with Crippen molar-refractivity contribution in [2.45, 2.75) is 53.1 Å². The average Bonchev–Trinajstić information content (AvgIpc) is 2.29. The van der Waals surface area contributed by atoms with Gasteiger partial charge in [0.25, 0.3) is 0 Å². The van der Waals surface area contributed by atoms with Gasteiger partial charge in [-0.3, -0.25) is 9.59 Å². The quantitative estimate of drug-likeness (QED) is 0.544. The first-order chi connectivity index (χ1) is 8.64. The first-order valence-corrected chi connectivity index (χ1v) is 6.59. The molecule has 1 atom stereocenters. The van der Waals surface area contributed by atoms with E-state index in [1.807, 2.05) is 13.8 Å². The molecule has 1 unspecified atom stereocenters. The normalized spacial score (nSPS) is 15.1. The smallest absolute Gasteiger partial charge is 0.323 e. The topological polar surface area (TPSA) is 72.8 Å². The van der Waals surface area contributed by atoms with Crippen molar-refractivity contribution >= 4 is 11.9 Å². The van der Waals surface area contributed by atoms with Crippen LogP contribution in [-0.4, -0.2) is 36.4 Å². The van der Waals surface area contributed by atoms with Gasteiger partial charge in [-0.25, -0.2) is 0 Å². The molecule has 5 heteroatoms. The summed E-state index contributed by atoms with van der Waals surface area (Å²) in [6.45, 7) is 9.03. The summed E-state index contributed by atoms with van der Waals surface area (Å²) in [6, 6.07) is 0. The van der Waals surface area contributed by atoms with Crippen molar-refractivity contribution in [3.05, 3.63) is 0 Å². The molecule has 0 radical (unpaired) electrons. The maximum Gasteiger partial charge on any atom is 0.323 e. The summed E-state index contributed by atoms with van der Waals surface area (Å²) < 4.78 is 10.3. The van der Waals surface area contributed by atoms with Gasteiger partial charge in [0.2, 0.25) is 0 Å². The van der Waals surface area contributed by atoms with Crippen LogP contribution in [0.4, 0.5) is 0 Å². The summed E-state index contributed by atoms with van der Waals surface area (Å²) in [5.74, 6) is -2.14. The molecule has 19 heavy (non-hydrogen) atoms. The molecule has 0 heterocycles. The monoisotopic (exact) mass is 274 g/mol. The first-order valence-electron chi connectivity index (χ1n) is 6.59. The van der Waals surface area contributed by atoms with Crippen molar-refractivity contribution in [2.24, 2.45) is 11.3 Å². The second kappa shape index (κ2) is 6.89. The number of carboxylic acids is 1. The van der Waals surface area contributed by atoms with Gasteiger partial charge in [0.1, 0.15) is 0 Å². The Labute approximate surface area is 115 Å². The van der Waals surface area contributed by atoms with E-state index >= 15 is 0 Å². The minimum absolute atomic E-state index is 0.175. The van der Waals surface area contributed by atoms with Gasteiger partial charge < -0.3 is 14.6 Å². The van der Waals surface area contributed by atoms with Gasteiger partial charge >= 0.3 is 11.9 Å². The van der Waals surface area contributed by atoms with Crippen LogP contribution in [0.25, 0.3) is 0 Å². The number of esters is 1. The van der Waals surface area contributed by atoms with E-state index in [1.54, 1.807) is 27.9 Å². The van der Waals surface area contributed by atoms with Gasteiger partial charge in [0.05, 0.1) is 12.2 Å². The third-order valence-electron chi connectivity index (χ3n) is 3.68. The Morgan fingerprint density at radius 1 is 1.21 bits per heavy atom. The molecule has 0 aromatic carbocycles. The minimum atomic E-state index is -1.51. The summed E-state index contributed by atoms with van der Waals surface area (Å²) in [7, 11) is 1.57. The molecule has 0 bridgehead atoms. The molecule has 0 aliphatic heterocycles. The number of rotatable bonds is 8. The van der Waals surface area contributed by atoms with Crippen molar-refractivity contribution in [1.82, 2.24) is 0 Å². The highest BCUT2D eigenvalue weighted by atomic mass is 16.5. The van der Waals surface area contributed by atoms with Gasteiger partial charge in [0.15, 0.2) is 5.41 Å². The lowest BCUT2D eigenvalue weighted by Crippen LogP contribution is -2.46. The highest BCUT2D eigenvalue weighted by Gasteiger charge is 2.50. The van der Waals surface area contributed by atoms with Crippen LogP contribution in [0.1, 0.15) is 47.5 Å². The van der Waals surface area contributed by atoms with Crippen LogP contribution in [0, 0.1) is 11.3 Å². The van der Waals surface area contributed by atoms with E-state index in [1.165, 1.54) is 0 Å². The third-order valence-corrected chi connectivity index (χ3v) is 3.68. The maximum absolute atomic E-state index is 12.1. The second-order valence-electron chi connectivity index (χ2n) is 5.62. The third kappa shape index (κ3) is 4.20. The summed E-state index contributed by atoms with van der Waals surface area (Å²) >= 11 is 0. The van der Waals surface area contributed by atoms with Crippen LogP contribution in [0.2, 0.25) is 0 Å². The molecule has 0 aromatic rings. The van der Waals surface area contributed by atoms with Crippen LogP contribution in [-0.2, 0) is 19.1 Å². The SMILES string of the molecule is CCOC(=O)C(CCC(C)(C)OC)(C(=O)O)C(C)C. The number of carboxylic acid groups (broad SMARTS) is 1. The lowest BCUT2D eigenvalue weighted by molar-refractivity contribution is -0.174. The van der Waals surface area contributed by atoms with E-state index in [9.17, 15) is 14.7 Å². The summed E-state index contributed by atoms with van der Waals surface area (Å²) in [5.41, 5.74) is -1.98. The van der Waals surface area contributed by atoms with Gasteiger partial charge in [-0.15, -0.1) is 0 Å². The van der Waals surface area contributed by atoms with Crippen molar-refractivity contribution in [1.29, 1.82) is 0 Å². The number of aliphatic carboxylic acids is 1. The van der Waals surface area contributed by atoms with E-state index in [0.29, 0.717) is 6.42 Å². The summed E-state index contributed by atoms with van der Waals surface area (Å²) in [5, 5.41) is 9.52.